The molecule has 0 spiro atoms. The van der Waals surface area contributed by atoms with Gasteiger partial charge >= 0.3 is 0 Å². The van der Waals surface area contributed by atoms with Crippen molar-refractivity contribution >= 4 is 15.9 Å². The van der Waals surface area contributed by atoms with Crippen molar-refractivity contribution in [1.82, 2.24) is 4.98 Å². The molecule has 0 saturated heterocycles. The summed E-state index contributed by atoms with van der Waals surface area (Å²) in [5.74, 6) is 0.587. The van der Waals surface area contributed by atoms with Gasteiger partial charge in [-0.2, -0.15) is 0 Å². The highest BCUT2D eigenvalue weighted by Gasteiger charge is 1.97. The zero-order valence-corrected chi connectivity index (χ0v) is 6.51. The van der Waals surface area contributed by atoms with E-state index in [1.165, 1.54) is 0 Å². The van der Waals surface area contributed by atoms with Gasteiger partial charge in [0.25, 0.3) is 0 Å². The summed E-state index contributed by atoms with van der Waals surface area (Å²) in [6.45, 7) is 0.422. The smallest absolute Gasteiger partial charge is 0.221 e. The number of halogens is 1. The lowest BCUT2D eigenvalue weighted by Crippen LogP contribution is -1.84. The lowest BCUT2D eigenvalue weighted by Gasteiger charge is -1.87. The van der Waals surface area contributed by atoms with Crippen LogP contribution >= 0.6 is 15.9 Å². The van der Waals surface area contributed by atoms with Crippen LogP contribution in [-0.2, 0) is 11.3 Å². The Hall–Kier alpha value is -0.350. The van der Waals surface area contributed by atoms with Crippen LogP contribution in [0.5, 0.6) is 0 Å². The number of nitrogens with zero attached hydrogens (tertiary/aromatic N) is 1. The molecule has 0 aliphatic heterocycles. The molecule has 0 N–H and O–H groups in total. The monoisotopic (exact) mass is 191 g/mol. The fourth-order valence-electron chi connectivity index (χ4n) is 0.478. The molecule has 0 saturated carbocycles. The summed E-state index contributed by atoms with van der Waals surface area (Å²) in [7, 11) is 1.60. The van der Waals surface area contributed by atoms with Gasteiger partial charge in [0.2, 0.25) is 5.89 Å². The second-order valence-electron chi connectivity index (χ2n) is 1.49. The Labute approximate surface area is 61.2 Å². The number of methoxy groups -OCH3 is 1. The maximum absolute atomic E-state index is 5.00. The van der Waals surface area contributed by atoms with Gasteiger partial charge in [-0.3, -0.25) is 0 Å². The molecule has 0 atom stereocenters. The van der Waals surface area contributed by atoms with Crippen LogP contribution < -0.4 is 0 Å². The minimum Gasteiger partial charge on any atom is -0.431 e. The Morgan fingerprint density at radius 3 is 3.11 bits per heavy atom. The number of hydrogen-bond donors (Lipinski definition) is 0. The van der Waals surface area contributed by atoms with E-state index in [9.17, 15) is 0 Å². The van der Waals surface area contributed by atoms with Crippen LogP contribution in [0.4, 0.5) is 0 Å². The van der Waals surface area contributed by atoms with Gasteiger partial charge in [-0.05, 0) is 15.9 Å². The van der Waals surface area contributed by atoms with E-state index in [0.29, 0.717) is 17.2 Å². The number of hydrogen-bond acceptors (Lipinski definition) is 3. The zero-order chi connectivity index (χ0) is 6.69. The highest BCUT2D eigenvalue weighted by atomic mass is 79.9. The molecule has 9 heavy (non-hydrogen) atoms. The minimum absolute atomic E-state index is 0.422. The van der Waals surface area contributed by atoms with Gasteiger partial charge in [0.1, 0.15) is 6.61 Å². The van der Waals surface area contributed by atoms with E-state index in [1.807, 2.05) is 0 Å². The van der Waals surface area contributed by atoms with E-state index in [4.69, 9.17) is 9.15 Å². The molecule has 4 heteroatoms. The molecular weight excluding hydrogens is 186 g/mol. The van der Waals surface area contributed by atoms with Crippen LogP contribution in [-0.4, -0.2) is 12.1 Å². The fourth-order valence-corrected chi connectivity index (χ4v) is 0.767. The van der Waals surface area contributed by atoms with Crippen LogP contribution in [0, 0.1) is 0 Å². The number of rotatable bonds is 2. The lowest BCUT2D eigenvalue weighted by atomic mass is 10.7. The van der Waals surface area contributed by atoms with Crippen molar-refractivity contribution in [2.24, 2.45) is 0 Å². The third kappa shape index (κ3) is 1.80. The Morgan fingerprint density at radius 2 is 2.67 bits per heavy atom. The normalized spacial score (nSPS) is 10.0. The van der Waals surface area contributed by atoms with Gasteiger partial charge in [0.15, 0.2) is 4.67 Å². The van der Waals surface area contributed by atoms with Gasteiger partial charge in [-0.25, -0.2) is 4.98 Å². The minimum atomic E-state index is 0.422. The molecule has 0 amide bonds. The average Bonchev–Trinajstić information content (AvgIpc) is 2.17. The van der Waals surface area contributed by atoms with Gasteiger partial charge in [-0.1, -0.05) is 0 Å². The Morgan fingerprint density at radius 1 is 1.89 bits per heavy atom. The van der Waals surface area contributed by atoms with Crippen molar-refractivity contribution in [3.8, 4) is 0 Å². The van der Waals surface area contributed by atoms with Gasteiger partial charge < -0.3 is 9.15 Å². The summed E-state index contributed by atoms with van der Waals surface area (Å²) in [6, 6.07) is 0. The molecule has 0 bridgehead atoms. The van der Waals surface area contributed by atoms with E-state index in [2.05, 4.69) is 20.9 Å². The fraction of sp³-hybridized carbons (Fsp3) is 0.400. The van der Waals surface area contributed by atoms with Crippen molar-refractivity contribution < 1.29 is 9.15 Å². The second-order valence-corrected chi connectivity index (χ2v) is 2.27. The Balaban J connectivity index is 2.61. The van der Waals surface area contributed by atoms with Crippen molar-refractivity contribution in [2.75, 3.05) is 7.11 Å². The van der Waals surface area contributed by atoms with E-state index in [-0.39, 0.29) is 0 Å². The summed E-state index contributed by atoms with van der Waals surface area (Å²) in [5, 5.41) is 0. The van der Waals surface area contributed by atoms with Gasteiger partial charge in [-0.15, -0.1) is 0 Å². The van der Waals surface area contributed by atoms with E-state index in [0.717, 1.165) is 0 Å². The van der Waals surface area contributed by atoms with Crippen LogP contribution in [0.1, 0.15) is 5.89 Å². The largest absolute Gasteiger partial charge is 0.431 e. The van der Waals surface area contributed by atoms with Crippen molar-refractivity contribution in [2.45, 2.75) is 6.61 Å². The summed E-state index contributed by atoms with van der Waals surface area (Å²) >= 11 is 3.12. The molecule has 0 fully saturated rings. The molecule has 1 aromatic heterocycles. The van der Waals surface area contributed by atoms with Crippen molar-refractivity contribution in [3.63, 3.8) is 0 Å². The third-order valence-corrected chi connectivity index (χ3v) is 1.16. The molecule has 1 rings (SSSR count). The molecule has 1 heterocycles. The molecule has 1 aromatic rings. The number of oxazole rings is 1. The van der Waals surface area contributed by atoms with Crippen LogP contribution in [0.2, 0.25) is 0 Å². The summed E-state index contributed by atoms with van der Waals surface area (Å²) in [6.07, 6.45) is 1.59. The lowest BCUT2D eigenvalue weighted by molar-refractivity contribution is 0.158. The third-order valence-electron chi connectivity index (χ3n) is 0.793. The predicted molar refractivity (Wildman–Crippen MR) is 34.9 cm³/mol. The molecule has 0 radical (unpaired) electrons. The van der Waals surface area contributed by atoms with Crippen LogP contribution in [0.3, 0.4) is 0 Å². The Bertz CT molecular complexity index is 187. The van der Waals surface area contributed by atoms with Crippen molar-refractivity contribution in [1.29, 1.82) is 0 Å². The number of aromatic nitrogens is 1. The summed E-state index contributed by atoms with van der Waals surface area (Å²) in [4.78, 5) is 3.87. The van der Waals surface area contributed by atoms with E-state index in [1.54, 1.807) is 13.3 Å². The van der Waals surface area contributed by atoms with Gasteiger partial charge in [0, 0.05) is 7.11 Å². The molecule has 50 valence electrons. The molecular formula is C5H6BrNO2. The first-order chi connectivity index (χ1) is 4.33. The quantitative estimate of drug-likeness (QED) is 0.713. The first kappa shape index (κ1) is 6.77. The molecule has 3 nitrogen and oxygen atoms in total. The molecule has 0 aromatic carbocycles. The van der Waals surface area contributed by atoms with Crippen molar-refractivity contribution in [3.05, 3.63) is 16.8 Å². The van der Waals surface area contributed by atoms with Crippen LogP contribution in [0.15, 0.2) is 15.3 Å². The Kier molecular flexibility index (Phi) is 2.24. The van der Waals surface area contributed by atoms with E-state index < -0.39 is 0 Å². The molecule has 0 aliphatic rings. The maximum Gasteiger partial charge on any atom is 0.221 e. The second kappa shape index (κ2) is 2.98. The predicted octanol–water partition coefficient (Wildman–Crippen LogP) is 1.58. The molecule has 0 unspecified atom stereocenters. The van der Waals surface area contributed by atoms with Gasteiger partial charge in [0.05, 0.1) is 6.20 Å². The summed E-state index contributed by atoms with van der Waals surface area (Å²) < 4.78 is 10.4. The SMILES string of the molecule is COCc1ncc(Br)o1. The highest BCUT2D eigenvalue weighted by Crippen LogP contribution is 2.10. The van der Waals surface area contributed by atoms with Crippen LogP contribution in [0.25, 0.3) is 0 Å². The first-order valence-corrected chi connectivity index (χ1v) is 3.21. The topological polar surface area (TPSA) is 35.3 Å². The standard InChI is InChI=1S/C5H6BrNO2/c1-8-3-5-7-2-4(6)9-5/h2H,3H2,1H3. The number of ether oxygens (including phenoxy) is 1. The molecule has 0 aliphatic carbocycles. The zero-order valence-electron chi connectivity index (χ0n) is 4.93. The maximum atomic E-state index is 5.00. The first-order valence-electron chi connectivity index (χ1n) is 2.42. The van der Waals surface area contributed by atoms with E-state index >= 15 is 0 Å². The average molecular weight is 192 g/mol. The summed E-state index contributed by atoms with van der Waals surface area (Å²) in [5.41, 5.74) is 0. The highest BCUT2D eigenvalue weighted by molar-refractivity contribution is 9.10.